The summed E-state index contributed by atoms with van der Waals surface area (Å²) in [5, 5.41) is 5.99. The highest BCUT2D eigenvalue weighted by molar-refractivity contribution is 5.85. The predicted octanol–water partition coefficient (Wildman–Crippen LogP) is 1.54. The molecule has 1 aromatic rings. The van der Waals surface area contributed by atoms with Crippen LogP contribution in [-0.4, -0.2) is 38.8 Å². The number of hydrogen-bond acceptors (Lipinski definition) is 4. The quantitative estimate of drug-likeness (QED) is 0.836. The van der Waals surface area contributed by atoms with Crippen molar-refractivity contribution < 1.29 is 14.3 Å². The van der Waals surface area contributed by atoms with Crippen LogP contribution in [0.15, 0.2) is 18.2 Å². The summed E-state index contributed by atoms with van der Waals surface area (Å²) >= 11 is 0. The number of ether oxygens (including phenoxy) is 2. The van der Waals surface area contributed by atoms with E-state index in [1.807, 2.05) is 32.2 Å². The molecule has 5 nitrogen and oxygen atoms in total. The smallest absolute Gasteiger partial charge is 0.220 e. The lowest BCUT2D eigenvalue weighted by Crippen LogP contribution is -2.37. The van der Waals surface area contributed by atoms with Crippen LogP contribution in [0.1, 0.15) is 18.9 Å². The molecular formula is C15H23ClN2O3. The number of aryl methyl sites for hydroxylation is 1. The van der Waals surface area contributed by atoms with Gasteiger partial charge in [-0.05, 0) is 38.1 Å². The van der Waals surface area contributed by atoms with Crippen LogP contribution in [0, 0.1) is 0 Å². The van der Waals surface area contributed by atoms with Crippen LogP contribution in [0.3, 0.4) is 0 Å². The number of rotatable bonds is 6. The third-order valence-electron chi connectivity index (χ3n) is 3.35. The third kappa shape index (κ3) is 5.44. The predicted molar refractivity (Wildman–Crippen MR) is 84.5 cm³/mol. The van der Waals surface area contributed by atoms with Gasteiger partial charge in [-0.15, -0.1) is 12.4 Å². The fourth-order valence-corrected chi connectivity index (χ4v) is 1.96. The molecule has 0 spiro atoms. The highest BCUT2D eigenvalue weighted by atomic mass is 35.5. The van der Waals surface area contributed by atoms with Crippen molar-refractivity contribution in [2.24, 2.45) is 0 Å². The average molecular weight is 315 g/mol. The van der Waals surface area contributed by atoms with Crippen molar-refractivity contribution >= 4 is 18.3 Å². The van der Waals surface area contributed by atoms with Gasteiger partial charge in [-0.2, -0.15) is 0 Å². The van der Waals surface area contributed by atoms with Crippen LogP contribution in [0.25, 0.3) is 0 Å². The normalized spacial score (nSPS) is 14.0. The van der Waals surface area contributed by atoms with Gasteiger partial charge in [-0.3, -0.25) is 4.79 Å². The van der Waals surface area contributed by atoms with Crippen LogP contribution in [0.2, 0.25) is 0 Å². The van der Waals surface area contributed by atoms with Crippen molar-refractivity contribution in [3.63, 3.8) is 0 Å². The van der Waals surface area contributed by atoms with Gasteiger partial charge in [0.05, 0.1) is 0 Å². The lowest BCUT2D eigenvalue weighted by molar-refractivity contribution is -0.121. The van der Waals surface area contributed by atoms with E-state index >= 15 is 0 Å². The summed E-state index contributed by atoms with van der Waals surface area (Å²) in [5.74, 6) is 1.63. The minimum atomic E-state index is 0. The molecule has 0 saturated carbocycles. The van der Waals surface area contributed by atoms with Gasteiger partial charge in [0, 0.05) is 19.0 Å². The molecule has 0 saturated heterocycles. The minimum Gasteiger partial charge on any atom is -0.486 e. The van der Waals surface area contributed by atoms with Crippen molar-refractivity contribution in [2.75, 3.05) is 26.8 Å². The number of hydrogen-bond donors (Lipinski definition) is 2. The summed E-state index contributed by atoms with van der Waals surface area (Å²) in [6.07, 6.45) is 1.19. The van der Waals surface area contributed by atoms with Crippen molar-refractivity contribution in [1.82, 2.24) is 10.6 Å². The summed E-state index contributed by atoms with van der Waals surface area (Å²) in [6.45, 7) is 3.86. The first kappa shape index (κ1) is 17.6. The molecule has 1 amide bonds. The number of carbonyl (C=O) groups is 1. The monoisotopic (exact) mass is 314 g/mol. The molecular weight excluding hydrogens is 292 g/mol. The molecule has 1 aliphatic heterocycles. The molecule has 1 heterocycles. The lowest BCUT2D eigenvalue weighted by atomic mass is 10.1. The maximum absolute atomic E-state index is 11.7. The van der Waals surface area contributed by atoms with Gasteiger partial charge in [0.2, 0.25) is 5.91 Å². The molecule has 0 fully saturated rings. The van der Waals surface area contributed by atoms with E-state index in [1.54, 1.807) is 0 Å². The molecule has 0 radical (unpaired) electrons. The number of fused-ring (bicyclic) bond motifs is 1. The van der Waals surface area contributed by atoms with E-state index in [-0.39, 0.29) is 24.4 Å². The van der Waals surface area contributed by atoms with Gasteiger partial charge in [-0.1, -0.05) is 6.07 Å². The second kappa shape index (κ2) is 8.74. The van der Waals surface area contributed by atoms with Gasteiger partial charge in [-0.25, -0.2) is 0 Å². The zero-order valence-corrected chi connectivity index (χ0v) is 13.3. The summed E-state index contributed by atoms with van der Waals surface area (Å²) < 4.78 is 11.0. The zero-order chi connectivity index (χ0) is 14.4. The Kier molecular flexibility index (Phi) is 7.32. The summed E-state index contributed by atoms with van der Waals surface area (Å²) in [4.78, 5) is 11.7. The summed E-state index contributed by atoms with van der Waals surface area (Å²) in [5.41, 5.74) is 1.09. The highest BCUT2D eigenvalue weighted by Gasteiger charge is 2.12. The molecule has 1 atom stereocenters. The summed E-state index contributed by atoms with van der Waals surface area (Å²) in [7, 11) is 1.88. The van der Waals surface area contributed by atoms with E-state index in [1.165, 1.54) is 0 Å². The number of carbonyl (C=O) groups excluding carboxylic acids is 1. The van der Waals surface area contributed by atoms with Crippen LogP contribution >= 0.6 is 12.4 Å². The molecule has 1 aliphatic rings. The Labute approximate surface area is 131 Å². The van der Waals surface area contributed by atoms with Crippen molar-refractivity contribution in [3.05, 3.63) is 23.8 Å². The standard InChI is InChI=1S/C15H22N2O3.ClH/c1-11(16-2)10-17-15(18)6-4-12-3-5-13-14(9-12)20-8-7-19-13;/h3,5,9,11,16H,4,6-8,10H2,1-2H3,(H,17,18);1H. The van der Waals surface area contributed by atoms with E-state index in [4.69, 9.17) is 9.47 Å². The van der Waals surface area contributed by atoms with Gasteiger partial charge < -0.3 is 20.1 Å². The highest BCUT2D eigenvalue weighted by Crippen LogP contribution is 2.30. The van der Waals surface area contributed by atoms with Gasteiger partial charge in [0.15, 0.2) is 11.5 Å². The molecule has 0 bridgehead atoms. The van der Waals surface area contributed by atoms with E-state index in [0.29, 0.717) is 32.6 Å². The van der Waals surface area contributed by atoms with E-state index in [2.05, 4.69) is 10.6 Å². The fourth-order valence-electron chi connectivity index (χ4n) is 1.96. The topological polar surface area (TPSA) is 59.6 Å². The Morgan fingerprint density at radius 1 is 1.29 bits per heavy atom. The van der Waals surface area contributed by atoms with E-state index in [9.17, 15) is 4.79 Å². The second-order valence-electron chi connectivity index (χ2n) is 4.97. The largest absolute Gasteiger partial charge is 0.486 e. The van der Waals surface area contributed by atoms with Gasteiger partial charge in [0.1, 0.15) is 13.2 Å². The van der Waals surface area contributed by atoms with Crippen LogP contribution in [0.5, 0.6) is 11.5 Å². The van der Waals surface area contributed by atoms with Crippen molar-refractivity contribution in [3.8, 4) is 11.5 Å². The Balaban J connectivity index is 0.00000220. The first-order chi connectivity index (χ1) is 9.69. The Hall–Kier alpha value is -1.46. The number of likely N-dealkylation sites (N-methyl/N-ethyl adjacent to an activating group) is 1. The molecule has 118 valence electrons. The summed E-state index contributed by atoms with van der Waals surface area (Å²) in [6, 6.07) is 6.13. The van der Waals surface area contributed by atoms with Crippen LogP contribution < -0.4 is 20.1 Å². The number of nitrogens with one attached hydrogen (secondary N) is 2. The maximum Gasteiger partial charge on any atom is 0.220 e. The number of amides is 1. The lowest BCUT2D eigenvalue weighted by Gasteiger charge is -2.18. The third-order valence-corrected chi connectivity index (χ3v) is 3.35. The average Bonchev–Trinajstić information content (AvgIpc) is 2.50. The van der Waals surface area contributed by atoms with Gasteiger partial charge >= 0.3 is 0 Å². The molecule has 2 N–H and O–H groups in total. The Bertz CT molecular complexity index is 468. The van der Waals surface area contributed by atoms with Crippen LogP contribution in [-0.2, 0) is 11.2 Å². The molecule has 1 aromatic carbocycles. The number of halogens is 1. The molecule has 2 rings (SSSR count). The van der Waals surface area contributed by atoms with Gasteiger partial charge in [0.25, 0.3) is 0 Å². The Morgan fingerprint density at radius 3 is 2.71 bits per heavy atom. The van der Waals surface area contributed by atoms with Crippen molar-refractivity contribution in [1.29, 1.82) is 0 Å². The second-order valence-corrected chi connectivity index (χ2v) is 4.97. The Morgan fingerprint density at radius 2 is 2.00 bits per heavy atom. The number of benzene rings is 1. The fraction of sp³-hybridized carbons (Fsp3) is 0.533. The first-order valence-corrected chi connectivity index (χ1v) is 7.01. The molecule has 1 unspecified atom stereocenters. The van der Waals surface area contributed by atoms with E-state index in [0.717, 1.165) is 17.1 Å². The molecule has 21 heavy (non-hydrogen) atoms. The van der Waals surface area contributed by atoms with E-state index < -0.39 is 0 Å². The first-order valence-electron chi connectivity index (χ1n) is 7.01. The van der Waals surface area contributed by atoms with Crippen LogP contribution in [0.4, 0.5) is 0 Å². The zero-order valence-electron chi connectivity index (χ0n) is 12.5. The maximum atomic E-state index is 11.7. The van der Waals surface area contributed by atoms with Crippen molar-refractivity contribution in [2.45, 2.75) is 25.8 Å². The minimum absolute atomic E-state index is 0. The molecule has 6 heteroatoms. The molecule has 0 aromatic heterocycles. The molecule has 0 aliphatic carbocycles. The SMILES string of the molecule is CNC(C)CNC(=O)CCc1ccc2c(c1)OCCO2.Cl.